The van der Waals surface area contributed by atoms with E-state index >= 15 is 0 Å². The quantitative estimate of drug-likeness (QED) is 0.813. The minimum absolute atomic E-state index is 0.394. The lowest BCUT2D eigenvalue weighted by molar-refractivity contribution is -0.135. The Morgan fingerprint density at radius 3 is 2.38 bits per heavy atom. The largest absolute Gasteiger partial charge is 0.452 e. The molecule has 0 bridgehead atoms. The maximum absolute atomic E-state index is 13.5. The summed E-state index contributed by atoms with van der Waals surface area (Å²) in [5.41, 5.74) is 1.45. The minimum Gasteiger partial charge on any atom is -0.452 e. The fourth-order valence-electron chi connectivity index (χ4n) is 2.69. The van der Waals surface area contributed by atoms with Crippen molar-refractivity contribution in [3.05, 3.63) is 70.8 Å². The van der Waals surface area contributed by atoms with Gasteiger partial charge in [0.15, 0.2) is 6.61 Å². The molecule has 0 atom stereocenters. The summed E-state index contributed by atoms with van der Waals surface area (Å²) in [4.78, 5) is 25.5. The average molecular weight is 331 g/mol. The Balaban J connectivity index is 1.61. The third kappa shape index (κ3) is 3.27. The lowest BCUT2D eigenvalue weighted by Crippen LogP contribution is -2.38. The molecule has 1 aliphatic rings. The van der Waals surface area contributed by atoms with E-state index in [1.165, 1.54) is 5.56 Å². The van der Waals surface area contributed by atoms with E-state index in [0.29, 0.717) is 13.1 Å². The Bertz CT molecular complexity index is 771. The Kier molecular flexibility index (Phi) is 4.55. The third-order valence-electron chi connectivity index (χ3n) is 3.98. The molecular weight excluding hydrogens is 316 g/mol. The Morgan fingerprint density at radius 1 is 1.00 bits per heavy atom. The van der Waals surface area contributed by atoms with E-state index in [-0.39, 0.29) is 0 Å². The van der Waals surface area contributed by atoms with Gasteiger partial charge in [-0.15, -0.1) is 0 Å². The molecule has 1 amide bonds. The van der Waals surface area contributed by atoms with Gasteiger partial charge in [0.1, 0.15) is 17.2 Å². The first kappa shape index (κ1) is 16.1. The SMILES string of the molecule is O=C(OCC(=O)N1CCc2ccccc2C1)c1c(F)cccc1F. The fraction of sp³-hybridized carbons (Fsp3) is 0.222. The van der Waals surface area contributed by atoms with E-state index in [4.69, 9.17) is 4.74 Å². The number of hydrogen-bond acceptors (Lipinski definition) is 3. The van der Waals surface area contributed by atoms with Crippen LogP contribution in [0.3, 0.4) is 0 Å². The zero-order valence-electron chi connectivity index (χ0n) is 12.8. The number of carbonyl (C=O) groups excluding carboxylic acids is 2. The van der Waals surface area contributed by atoms with E-state index in [1.54, 1.807) is 4.90 Å². The van der Waals surface area contributed by atoms with Gasteiger partial charge in [0, 0.05) is 13.1 Å². The van der Waals surface area contributed by atoms with Crippen molar-refractivity contribution in [2.75, 3.05) is 13.2 Å². The van der Waals surface area contributed by atoms with Gasteiger partial charge in [0.05, 0.1) is 0 Å². The number of rotatable bonds is 3. The zero-order chi connectivity index (χ0) is 17.1. The van der Waals surface area contributed by atoms with E-state index in [2.05, 4.69) is 0 Å². The summed E-state index contributed by atoms with van der Waals surface area (Å²) in [6, 6.07) is 10.9. The fourth-order valence-corrected chi connectivity index (χ4v) is 2.69. The second kappa shape index (κ2) is 6.78. The molecule has 1 heterocycles. The van der Waals surface area contributed by atoms with Crippen LogP contribution in [0.25, 0.3) is 0 Å². The van der Waals surface area contributed by atoms with Crippen LogP contribution < -0.4 is 0 Å². The van der Waals surface area contributed by atoms with Crippen molar-refractivity contribution in [3.63, 3.8) is 0 Å². The first-order valence-electron chi connectivity index (χ1n) is 7.52. The topological polar surface area (TPSA) is 46.6 Å². The maximum atomic E-state index is 13.5. The van der Waals surface area contributed by atoms with Crippen LogP contribution in [0.5, 0.6) is 0 Å². The van der Waals surface area contributed by atoms with Crippen LogP contribution in [0.2, 0.25) is 0 Å². The highest BCUT2D eigenvalue weighted by atomic mass is 19.1. The van der Waals surface area contributed by atoms with Crippen molar-refractivity contribution < 1.29 is 23.1 Å². The van der Waals surface area contributed by atoms with E-state index in [0.717, 1.165) is 30.2 Å². The summed E-state index contributed by atoms with van der Waals surface area (Å²) in [5, 5.41) is 0. The predicted octanol–water partition coefficient (Wildman–Crippen LogP) is 2.71. The summed E-state index contributed by atoms with van der Waals surface area (Å²) in [6.45, 7) is 0.400. The molecule has 0 saturated carbocycles. The van der Waals surface area contributed by atoms with Gasteiger partial charge in [-0.1, -0.05) is 30.3 Å². The normalized spacial score (nSPS) is 13.3. The number of halogens is 2. The number of esters is 1. The zero-order valence-corrected chi connectivity index (χ0v) is 12.8. The van der Waals surface area contributed by atoms with E-state index < -0.39 is 35.7 Å². The smallest absolute Gasteiger partial charge is 0.344 e. The second-order valence-electron chi connectivity index (χ2n) is 5.51. The number of benzene rings is 2. The van der Waals surface area contributed by atoms with Crippen LogP contribution in [0.1, 0.15) is 21.5 Å². The predicted molar refractivity (Wildman–Crippen MR) is 82.2 cm³/mol. The van der Waals surface area contributed by atoms with Crippen LogP contribution in [-0.2, 0) is 22.5 Å². The van der Waals surface area contributed by atoms with E-state index in [1.807, 2.05) is 24.3 Å². The maximum Gasteiger partial charge on any atom is 0.344 e. The summed E-state index contributed by atoms with van der Waals surface area (Å²) < 4.78 is 31.8. The lowest BCUT2D eigenvalue weighted by Gasteiger charge is -2.28. The van der Waals surface area contributed by atoms with Gasteiger partial charge >= 0.3 is 5.97 Å². The highest BCUT2D eigenvalue weighted by molar-refractivity contribution is 5.91. The van der Waals surface area contributed by atoms with Crippen LogP contribution in [0.15, 0.2) is 42.5 Å². The molecule has 124 valence electrons. The molecule has 0 unspecified atom stereocenters. The molecule has 0 aromatic heterocycles. The molecule has 4 nitrogen and oxygen atoms in total. The van der Waals surface area contributed by atoms with Crippen LogP contribution >= 0.6 is 0 Å². The molecule has 0 aliphatic carbocycles. The molecule has 0 saturated heterocycles. The average Bonchev–Trinajstić information content (AvgIpc) is 2.59. The molecule has 0 N–H and O–H groups in total. The van der Waals surface area contributed by atoms with Crippen molar-refractivity contribution in [1.82, 2.24) is 4.90 Å². The van der Waals surface area contributed by atoms with Gasteiger partial charge < -0.3 is 9.64 Å². The summed E-state index contributed by atoms with van der Waals surface area (Å²) in [6.07, 6.45) is 0.720. The molecule has 2 aromatic carbocycles. The molecule has 24 heavy (non-hydrogen) atoms. The van der Waals surface area contributed by atoms with Crippen LogP contribution in [0, 0.1) is 11.6 Å². The Morgan fingerprint density at radius 2 is 1.67 bits per heavy atom. The number of nitrogens with zero attached hydrogens (tertiary/aromatic N) is 1. The molecule has 1 aliphatic heterocycles. The minimum atomic E-state index is -1.18. The van der Waals surface area contributed by atoms with Crippen molar-refractivity contribution in [1.29, 1.82) is 0 Å². The van der Waals surface area contributed by atoms with Gasteiger partial charge in [-0.3, -0.25) is 4.79 Å². The van der Waals surface area contributed by atoms with Gasteiger partial charge in [0.2, 0.25) is 0 Å². The molecular formula is C18H15F2NO3. The van der Waals surface area contributed by atoms with Crippen molar-refractivity contribution in [2.45, 2.75) is 13.0 Å². The molecule has 0 spiro atoms. The molecule has 6 heteroatoms. The summed E-state index contributed by atoms with van der Waals surface area (Å²) in [5.74, 6) is -3.61. The molecule has 3 rings (SSSR count). The number of amides is 1. The highest BCUT2D eigenvalue weighted by Crippen LogP contribution is 2.19. The first-order chi connectivity index (χ1) is 11.6. The van der Waals surface area contributed by atoms with Crippen molar-refractivity contribution >= 4 is 11.9 Å². The summed E-state index contributed by atoms with van der Waals surface area (Å²) >= 11 is 0. The number of fused-ring (bicyclic) bond motifs is 1. The number of hydrogen-bond donors (Lipinski definition) is 0. The molecule has 0 fully saturated rings. The molecule has 0 radical (unpaired) electrons. The van der Waals surface area contributed by atoms with Gasteiger partial charge in [-0.05, 0) is 29.7 Å². The monoisotopic (exact) mass is 331 g/mol. The van der Waals surface area contributed by atoms with Gasteiger partial charge in [-0.2, -0.15) is 0 Å². The van der Waals surface area contributed by atoms with Gasteiger partial charge in [-0.25, -0.2) is 13.6 Å². The Labute approximate surface area is 137 Å². The highest BCUT2D eigenvalue weighted by Gasteiger charge is 2.23. The van der Waals surface area contributed by atoms with Crippen LogP contribution in [0.4, 0.5) is 8.78 Å². The van der Waals surface area contributed by atoms with Crippen molar-refractivity contribution in [3.8, 4) is 0 Å². The van der Waals surface area contributed by atoms with Gasteiger partial charge in [0.25, 0.3) is 5.91 Å². The first-order valence-corrected chi connectivity index (χ1v) is 7.52. The van der Waals surface area contributed by atoms with E-state index in [9.17, 15) is 18.4 Å². The molecule has 2 aromatic rings. The third-order valence-corrected chi connectivity index (χ3v) is 3.98. The van der Waals surface area contributed by atoms with Crippen LogP contribution in [-0.4, -0.2) is 29.9 Å². The number of ether oxygens (including phenoxy) is 1. The standard InChI is InChI=1S/C18H15F2NO3/c19-14-6-3-7-15(20)17(14)18(23)24-11-16(22)21-9-8-12-4-1-2-5-13(12)10-21/h1-7H,8-11H2. The summed E-state index contributed by atoms with van der Waals surface area (Å²) in [7, 11) is 0. The second-order valence-corrected chi connectivity index (χ2v) is 5.51. The number of carbonyl (C=O) groups is 2. The van der Waals surface area contributed by atoms with Crippen molar-refractivity contribution in [2.24, 2.45) is 0 Å². The lowest BCUT2D eigenvalue weighted by atomic mass is 10.00. The Hall–Kier alpha value is -2.76.